The molecule has 1 heterocycles. The normalized spacial score (nSPS) is 14.9. The van der Waals surface area contributed by atoms with Gasteiger partial charge in [-0.3, -0.25) is 14.6 Å². The van der Waals surface area contributed by atoms with E-state index in [9.17, 15) is 9.59 Å². The van der Waals surface area contributed by atoms with Crippen molar-refractivity contribution in [2.24, 2.45) is 17.4 Å². The molecule has 33 heavy (non-hydrogen) atoms. The highest BCUT2D eigenvalue weighted by Gasteiger charge is 2.25. The summed E-state index contributed by atoms with van der Waals surface area (Å²) in [4.78, 5) is 28.1. The Balaban J connectivity index is 1.37. The van der Waals surface area contributed by atoms with Crippen LogP contribution in [0, 0.1) is 5.92 Å². The third-order valence-corrected chi connectivity index (χ3v) is 5.91. The van der Waals surface area contributed by atoms with E-state index < -0.39 is 5.91 Å². The smallest absolute Gasteiger partial charge is 0.267 e. The van der Waals surface area contributed by atoms with Gasteiger partial charge in [0.05, 0.1) is 0 Å². The maximum absolute atomic E-state index is 12.9. The number of rotatable bonds is 8. The van der Waals surface area contributed by atoms with E-state index in [0.717, 1.165) is 47.4 Å². The number of amides is 2. The van der Waals surface area contributed by atoms with Crippen molar-refractivity contribution in [2.75, 3.05) is 11.9 Å². The summed E-state index contributed by atoms with van der Waals surface area (Å²) in [6, 6.07) is 17.3. The monoisotopic (exact) mass is 444 g/mol. The summed E-state index contributed by atoms with van der Waals surface area (Å²) < 4.78 is 5.93. The summed E-state index contributed by atoms with van der Waals surface area (Å²) in [7, 11) is 0. The molecule has 170 valence electrons. The first-order valence-corrected chi connectivity index (χ1v) is 11.1. The summed E-state index contributed by atoms with van der Waals surface area (Å²) in [6.07, 6.45) is 4.71. The van der Waals surface area contributed by atoms with E-state index in [4.69, 9.17) is 16.2 Å². The molecular formula is C26H28N4O3. The second-order valence-corrected chi connectivity index (χ2v) is 8.30. The van der Waals surface area contributed by atoms with Crippen molar-refractivity contribution in [3.63, 3.8) is 0 Å². The molecule has 1 aromatic heterocycles. The van der Waals surface area contributed by atoms with Gasteiger partial charge in [0.25, 0.3) is 5.91 Å². The van der Waals surface area contributed by atoms with Gasteiger partial charge in [-0.1, -0.05) is 18.2 Å². The first-order valence-electron chi connectivity index (χ1n) is 11.1. The van der Waals surface area contributed by atoms with Crippen molar-refractivity contribution in [1.82, 2.24) is 4.98 Å². The van der Waals surface area contributed by atoms with Crippen LogP contribution < -0.4 is 21.5 Å². The van der Waals surface area contributed by atoms with Crippen LogP contribution in [0.5, 0.6) is 5.75 Å². The molecule has 0 saturated heterocycles. The number of ether oxygens (including phenoxy) is 1. The van der Waals surface area contributed by atoms with Crippen molar-refractivity contribution in [3.05, 3.63) is 88.7 Å². The van der Waals surface area contributed by atoms with Crippen molar-refractivity contribution >= 4 is 17.5 Å². The van der Waals surface area contributed by atoms with Crippen LogP contribution in [0.4, 0.5) is 5.69 Å². The van der Waals surface area contributed by atoms with Crippen molar-refractivity contribution in [2.45, 2.75) is 32.3 Å². The third kappa shape index (κ3) is 5.75. The van der Waals surface area contributed by atoms with Crippen LogP contribution in [-0.4, -0.2) is 23.3 Å². The quantitative estimate of drug-likeness (QED) is 0.493. The Morgan fingerprint density at radius 3 is 2.61 bits per heavy atom. The molecule has 7 nitrogen and oxygen atoms in total. The predicted molar refractivity (Wildman–Crippen MR) is 127 cm³/mol. The van der Waals surface area contributed by atoms with Gasteiger partial charge in [0.2, 0.25) is 5.91 Å². The minimum atomic E-state index is -0.568. The van der Waals surface area contributed by atoms with Gasteiger partial charge in [-0.05, 0) is 90.9 Å². The first kappa shape index (κ1) is 22.5. The lowest BCUT2D eigenvalue weighted by molar-refractivity contribution is -0.120. The number of aryl methyl sites for hydroxylation is 1. The second-order valence-electron chi connectivity index (χ2n) is 8.30. The molecule has 0 bridgehead atoms. The zero-order valence-corrected chi connectivity index (χ0v) is 18.4. The van der Waals surface area contributed by atoms with E-state index in [1.165, 1.54) is 5.56 Å². The van der Waals surface area contributed by atoms with E-state index >= 15 is 0 Å². The van der Waals surface area contributed by atoms with Crippen LogP contribution in [0.15, 0.2) is 60.8 Å². The van der Waals surface area contributed by atoms with Crippen molar-refractivity contribution in [3.8, 4) is 5.75 Å². The number of hydrogen-bond donors (Lipinski definition) is 3. The van der Waals surface area contributed by atoms with E-state index in [2.05, 4.69) is 16.4 Å². The maximum Gasteiger partial charge on any atom is 0.267 e. The third-order valence-electron chi connectivity index (χ3n) is 5.91. The molecule has 3 aromatic rings. The molecule has 0 spiro atoms. The van der Waals surface area contributed by atoms with E-state index in [-0.39, 0.29) is 17.5 Å². The highest BCUT2D eigenvalue weighted by atomic mass is 16.5. The molecule has 4 rings (SSSR count). The van der Waals surface area contributed by atoms with Crippen molar-refractivity contribution < 1.29 is 14.3 Å². The Labute approximate surface area is 193 Å². The van der Waals surface area contributed by atoms with E-state index in [1.807, 2.05) is 36.4 Å². The van der Waals surface area contributed by atoms with E-state index in [1.54, 1.807) is 18.3 Å². The number of carbonyl (C=O) groups is 2. The lowest BCUT2D eigenvalue weighted by Gasteiger charge is -2.24. The Morgan fingerprint density at radius 1 is 1.03 bits per heavy atom. The number of fused-ring (bicyclic) bond motifs is 1. The lowest BCUT2D eigenvalue weighted by atomic mass is 9.83. The molecule has 1 aliphatic rings. The number of aromatic nitrogens is 1. The SMILES string of the molecule is NCCc1ccc(NC(=O)C2CCc3ccc(OCc4ccnc(C(N)=O)c4)cc3C2)cc1. The molecule has 0 radical (unpaired) electrons. The van der Waals surface area contributed by atoms with Crippen molar-refractivity contribution in [1.29, 1.82) is 0 Å². The number of benzene rings is 2. The lowest BCUT2D eigenvalue weighted by Crippen LogP contribution is -2.28. The van der Waals surface area contributed by atoms with Crippen LogP contribution in [0.2, 0.25) is 0 Å². The molecule has 5 N–H and O–H groups in total. The first-order chi connectivity index (χ1) is 16.0. The fourth-order valence-corrected chi connectivity index (χ4v) is 4.08. The van der Waals surface area contributed by atoms with Crippen LogP contribution in [-0.2, 0) is 30.7 Å². The van der Waals surface area contributed by atoms with Crippen LogP contribution in [0.3, 0.4) is 0 Å². The molecule has 1 aliphatic carbocycles. The Morgan fingerprint density at radius 2 is 1.85 bits per heavy atom. The van der Waals surface area contributed by atoms with Crippen LogP contribution >= 0.6 is 0 Å². The van der Waals surface area contributed by atoms with Gasteiger partial charge in [0.15, 0.2) is 0 Å². The van der Waals surface area contributed by atoms with Gasteiger partial charge in [-0.25, -0.2) is 0 Å². The molecule has 1 unspecified atom stereocenters. The molecule has 0 fully saturated rings. The van der Waals surface area contributed by atoms with Gasteiger partial charge in [-0.15, -0.1) is 0 Å². The summed E-state index contributed by atoms with van der Waals surface area (Å²) in [5.41, 5.74) is 16.2. The number of primary amides is 1. The fraction of sp³-hybridized carbons (Fsp3) is 0.269. The highest BCUT2D eigenvalue weighted by molar-refractivity contribution is 5.93. The van der Waals surface area contributed by atoms with Gasteiger partial charge < -0.3 is 21.5 Å². The van der Waals surface area contributed by atoms with Gasteiger partial charge in [0.1, 0.15) is 18.1 Å². The average Bonchev–Trinajstić information content (AvgIpc) is 2.83. The Hall–Kier alpha value is -3.71. The summed E-state index contributed by atoms with van der Waals surface area (Å²) in [5.74, 6) is 0.105. The number of nitrogens with zero attached hydrogens (tertiary/aromatic N) is 1. The maximum atomic E-state index is 12.9. The van der Waals surface area contributed by atoms with E-state index in [0.29, 0.717) is 19.6 Å². The van der Waals surface area contributed by atoms with Gasteiger partial charge in [-0.2, -0.15) is 0 Å². The number of hydrogen-bond acceptors (Lipinski definition) is 5. The zero-order valence-electron chi connectivity index (χ0n) is 18.4. The minimum absolute atomic E-state index is 0.0364. The number of pyridine rings is 1. The van der Waals surface area contributed by atoms with Crippen LogP contribution in [0.25, 0.3) is 0 Å². The second kappa shape index (κ2) is 10.3. The molecule has 7 heteroatoms. The number of nitrogens with two attached hydrogens (primary N) is 2. The standard InChI is InChI=1S/C26H28N4O3/c27-11-9-17-1-6-22(7-2-17)30-26(32)20-4-3-19-5-8-23(15-21(19)14-20)33-16-18-10-12-29-24(13-18)25(28)31/h1-2,5-8,10,12-13,15,20H,3-4,9,11,14,16,27H2,(H2,28,31)(H,30,32). The topological polar surface area (TPSA) is 120 Å². The summed E-state index contributed by atoms with van der Waals surface area (Å²) >= 11 is 0. The molecule has 2 aromatic carbocycles. The number of nitrogens with one attached hydrogen (secondary N) is 1. The molecule has 1 atom stereocenters. The van der Waals surface area contributed by atoms with Gasteiger partial charge >= 0.3 is 0 Å². The number of carbonyl (C=O) groups excluding carboxylic acids is 2. The minimum Gasteiger partial charge on any atom is -0.489 e. The zero-order chi connectivity index (χ0) is 23.2. The molecule has 2 amide bonds. The Bertz CT molecular complexity index is 1140. The molecule has 0 aliphatic heterocycles. The van der Waals surface area contributed by atoms with Crippen LogP contribution in [0.1, 0.15) is 39.2 Å². The number of anilines is 1. The average molecular weight is 445 g/mol. The van der Waals surface area contributed by atoms with Gasteiger partial charge in [0, 0.05) is 17.8 Å². The predicted octanol–water partition coefficient (Wildman–Crippen LogP) is 3.00. The molecule has 0 saturated carbocycles. The Kier molecular flexibility index (Phi) is 7.00. The summed E-state index contributed by atoms with van der Waals surface area (Å²) in [5, 5.41) is 3.04. The largest absolute Gasteiger partial charge is 0.489 e. The fourth-order valence-electron chi connectivity index (χ4n) is 4.08. The molecular weight excluding hydrogens is 416 g/mol. The highest BCUT2D eigenvalue weighted by Crippen LogP contribution is 2.30. The summed E-state index contributed by atoms with van der Waals surface area (Å²) in [6.45, 7) is 0.904.